The van der Waals surface area contributed by atoms with Crippen LogP contribution in [0.5, 0.6) is 0 Å². The van der Waals surface area contributed by atoms with Crippen LogP contribution in [0.25, 0.3) is 5.57 Å². The van der Waals surface area contributed by atoms with Crippen molar-refractivity contribution in [3.63, 3.8) is 0 Å². The van der Waals surface area contributed by atoms with Crippen LogP contribution in [0.2, 0.25) is 0 Å². The predicted octanol–water partition coefficient (Wildman–Crippen LogP) is 5.46. The summed E-state index contributed by atoms with van der Waals surface area (Å²) in [6, 6.07) is 26.5. The molecule has 0 radical (unpaired) electrons. The first-order chi connectivity index (χ1) is 17.0. The Labute approximate surface area is 203 Å². The Morgan fingerprint density at radius 2 is 1.26 bits per heavy atom. The quantitative estimate of drug-likeness (QED) is 0.375. The first-order valence-corrected chi connectivity index (χ1v) is 11.6. The van der Waals surface area contributed by atoms with Crippen molar-refractivity contribution in [1.29, 1.82) is 0 Å². The zero-order chi connectivity index (χ0) is 24.5. The van der Waals surface area contributed by atoms with Gasteiger partial charge in [-0.1, -0.05) is 84.9 Å². The smallest absolute Gasteiger partial charge is 0.308 e. The molecule has 2 N–H and O–H groups in total. The van der Waals surface area contributed by atoms with Crippen molar-refractivity contribution in [2.75, 3.05) is 5.32 Å². The van der Waals surface area contributed by atoms with E-state index < -0.39 is 17.8 Å². The van der Waals surface area contributed by atoms with Crippen molar-refractivity contribution >= 4 is 28.9 Å². The van der Waals surface area contributed by atoms with E-state index in [-0.39, 0.29) is 23.5 Å². The van der Waals surface area contributed by atoms with Gasteiger partial charge in [0.1, 0.15) is 0 Å². The van der Waals surface area contributed by atoms with Crippen LogP contribution in [0.4, 0.5) is 5.69 Å². The lowest BCUT2D eigenvalue weighted by Crippen LogP contribution is -2.36. The third kappa shape index (κ3) is 4.10. The molecule has 174 valence electrons. The van der Waals surface area contributed by atoms with Gasteiger partial charge in [0.25, 0.3) is 0 Å². The fourth-order valence-corrected chi connectivity index (χ4v) is 5.46. The van der Waals surface area contributed by atoms with Gasteiger partial charge in [0.05, 0.1) is 11.8 Å². The average Bonchev–Trinajstić information content (AvgIpc) is 3.42. The normalized spacial score (nSPS) is 22.1. The van der Waals surface area contributed by atoms with E-state index >= 15 is 0 Å². The maximum atomic E-state index is 13.5. The highest BCUT2D eigenvalue weighted by Gasteiger charge is 2.55. The van der Waals surface area contributed by atoms with Gasteiger partial charge in [-0.3, -0.25) is 14.4 Å². The third-order valence-corrected chi connectivity index (χ3v) is 6.94. The fraction of sp³-hybridized carbons (Fsp3) is 0.167. The Kier molecular flexibility index (Phi) is 5.91. The number of carboxylic acid groups (broad SMARTS) is 1. The van der Waals surface area contributed by atoms with Crippen LogP contribution < -0.4 is 5.32 Å². The number of hydrogen-bond donors (Lipinski definition) is 2. The zero-order valence-corrected chi connectivity index (χ0v) is 19.2. The van der Waals surface area contributed by atoms with Gasteiger partial charge in [-0.25, -0.2) is 0 Å². The molecule has 4 atom stereocenters. The molecule has 5 heteroatoms. The summed E-state index contributed by atoms with van der Waals surface area (Å²) in [7, 11) is 0. The molecule has 0 unspecified atom stereocenters. The molecule has 2 aliphatic carbocycles. The van der Waals surface area contributed by atoms with Crippen molar-refractivity contribution in [2.24, 2.45) is 23.7 Å². The van der Waals surface area contributed by atoms with E-state index in [4.69, 9.17) is 0 Å². The molecule has 0 saturated heterocycles. The number of ketones is 1. The van der Waals surface area contributed by atoms with Gasteiger partial charge in [0, 0.05) is 23.1 Å². The predicted molar refractivity (Wildman–Crippen MR) is 135 cm³/mol. The van der Waals surface area contributed by atoms with Crippen LogP contribution in [0.1, 0.15) is 28.4 Å². The molecule has 3 aromatic carbocycles. The first-order valence-electron chi connectivity index (χ1n) is 11.6. The number of anilines is 1. The molecule has 0 aromatic heterocycles. The minimum Gasteiger partial charge on any atom is -0.481 e. The molecule has 1 fully saturated rings. The number of nitrogens with one attached hydrogen (secondary N) is 1. The molecule has 5 nitrogen and oxygen atoms in total. The van der Waals surface area contributed by atoms with Crippen LogP contribution in [0.15, 0.2) is 103 Å². The summed E-state index contributed by atoms with van der Waals surface area (Å²) in [5, 5.41) is 13.1. The summed E-state index contributed by atoms with van der Waals surface area (Å²) in [4.78, 5) is 37.8. The van der Waals surface area contributed by atoms with E-state index in [9.17, 15) is 19.5 Å². The second kappa shape index (κ2) is 9.18. The number of amides is 1. The number of benzene rings is 3. The van der Waals surface area contributed by atoms with Crippen LogP contribution in [0.3, 0.4) is 0 Å². The van der Waals surface area contributed by atoms with Gasteiger partial charge in [0.15, 0.2) is 5.78 Å². The number of carbonyl (C=O) groups excluding carboxylic acids is 2. The maximum Gasteiger partial charge on any atom is 0.308 e. The molecule has 0 spiro atoms. The Balaban J connectivity index is 1.60. The van der Waals surface area contributed by atoms with Crippen molar-refractivity contribution in [1.82, 2.24) is 0 Å². The molecule has 3 aromatic rings. The number of fused-ring (bicyclic) bond motifs is 2. The maximum absolute atomic E-state index is 13.5. The molecular weight excluding hydrogens is 438 g/mol. The zero-order valence-electron chi connectivity index (χ0n) is 19.2. The summed E-state index contributed by atoms with van der Waals surface area (Å²) in [6.07, 6.45) is 3.91. The Morgan fingerprint density at radius 3 is 1.80 bits per heavy atom. The lowest BCUT2D eigenvalue weighted by molar-refractivity contribution is -0.146. The SMILES string of the molecule is CC(=O)c1cccc(NC(=O)[C@H]2[C@@H](C(=O)O)[C@@H]3C=C[C@@H]2C3=C(c2ccccc2)c2ccccc2)c1. The summed E-state index contributed by atoms with van der Waals surface area (Å²) in [6.45, 7) is 1.47. The minimum atomic E-state index is -0.988. The third-order valence-electron chi connectivity index (χ3n) is 6.94. The van der Waals surface area contributed by atoms with E-state index in [1.54, 1.807) is 24.3 Å². The second-order valence-corrected chi connectivity index (χ2v) is 9.01. The Hall–Kier alpha value is -4.25. The monoisotopic (exact) mass is 463 g/mol. The number of Topliss-reactive ketones (excluding diaryl/α,β-unsaturated/α-hetero) is 1. The summed E-state index contributed by atoms with van der Waals surface area (Å²) < 4.78 is 0. The molecule has 0 aliphatic heterocycles. The molecule has 2 bridgehead atoms. The number of aliphatic carboxylic acids is 1. The summed E-state index contributed by atoms with van der Waals surface area (Å²) in [5.41, 5.74) is 4.90. The molecule has 0 heterocycles. The lowest BCUT2D eigenvalue weighted by Gasteiger charge is -2.23. The highest BCUT2D eigenvalue weighted by Crippen LogP contribution is 2.55. The van der Waals surface area contributed by atoms with E-state index in [0.29, 0.717) is 11.3 Å². The number of carboxylic acids is 1. The van der Waals surface area contributed by atoms with Crippen LogP contribution in [-0.4, -0.2) is 22.8 Å². The van der Waals surface area contributed by atoms with Crippen molar-refractivity contribution in [3.05, 3.63) is 119 Å². The molecule has 35 heavy (non-hydrogen) atoms. The topological polar surface area (TPSA) is 83.5 Å². The van der Waals surface area contributed by atoms with Crippen molar-refractivity contribution in [3.8, 4) is 0 Å². The van der Waals surface area contributed by atoms with Crippen LogP contribution in [0, 0.1) is 23.7 Å². The van der Waals surface area contributed by atoms with E-state index in [2.05, 4.69) is 5.32 Å². The summed E-state index contributed by atoms with van der Waals surface area (Å²) in [5.74, 6) is -3.81. The van der Waals surface area contributed by atoms with Crippen molar-refractivity contribution < 1.29 is 19.5 Å². The number of carbonyl (C=O) groups is 3. The fourth-order valence-electron chi connectivity index (χ4n) is 5.46. The molecular formula is C30H25NO4. The highest BCUT2D eigenvalue weighted by molar-refractivity contribution is 6.00. The number of allylic oxidation sites excluding steroid dienone is 3. The van der Waals surface area contributed by atoms with Gasteiger partial charge >= 0.3 is 5.97 Å². The van der Waals surface area contributed by atoms with Gasteiger partial charge in [-0.2, -0.15) is 0 Å². The van der Waals surface area contributed by atoms with E-state index in [1.165, 1.54) is 6.92 Å². The Bertz CT molecular complexity index is 1320. The lowest BCUT2D eigenvalue weighted by atomic mass is 9.82. The average molecular weight is 464 g/mol. The molecule has 2 aliphatic rings. The minimum absolute atomic E-state index is 0.104. The van der Waals surface area contributed by atoms with Gasteiger partial charge in [-0.15, -0.1) is 0 Å². The first kappa shape index (κ1) is 22.5. The van der Waals surface area contributed by atoms with Crippen LogP contribution >= 0.6 is 0 Å². The van der Waals surface area contributed by atoms with Gasteiger partial charge in [0.2, 0.25) is 5.91 Å². The highest BCUT2D eigenvalue weighted by atomic mass is 16.4. The molecule has 1 saturated carbocycles. The standard InChI is InChI=1S/C30H25NO4/c1-18(32)21-13-8-14-22(17-21)31-29(33)27-23-15-16-24(28(27)30(34)35)26(23)25(19-9-4-2-5-10-19)20-11-6-3-7-12-20/h2-17,23-24,27-28H,1H3,(H,31,33)(H,34,35)/t23-,24-,27-,28+/m1/s1. The largest absolute Gasteiger partial charge is 0.481 e. The second-order valence-electron chi connectivity index (χ2n) is 9.01. The molecule has 1 amide bonds. The van der Waals surface area contributed by atoms with Crippen molar-refractivity contribution in [2.45, 2.75) is 6.92 Å². The number of rotatable bonds is 6. The van der Waals surface area contributed by atoms with E-state index in [1.807, 2.05) is 72.8 Å². The Morgan fingerprint density at radius 1 is 0.714 bits per heavy atom. The van der Waals surface area contributed by atoms with Crippen LogP contribution in [-0.2, 0) is 9.59 Å². The number of hydrogen-bond acceptors (Lipinski definition) is 3. The summed E-state index contributed by atoms with van der Waals surface area (Å²) >= 11 is 0. The van der Waals surface area contributed by atoms with Gasteiger partial charge < -0.3 is 10.4 Å². The van der Waals surface area contributed by atoms with Gasteiger partial charge in [-0.05, 0) is 41.3 Å². The van der Waals surface area contributed by atoms with E-state index in [0.717, 1.165) is 22.3 Å². The molecule has 5 rings (SSSR count).